The Morgan fingerprint density at radius 1 is 1.16 bits per heavy atom. The van der Waals surface area contributed by atoms with Crippen LogP contribution in [0.1, 0.15) is 11.3 Å². The fourth-order valence-corrected chi connectivity index (χ4v) is 1.84. The average molecular weight is 274 g/mol. The molecule has 0 radical (unpaired) electrons. The number of esters is 1. The molecule has 1 aromatic heterocycles. The van der Waals surface area contributed by atoms with Crippen LogP contribution in [0.3, 0.4) is 0 Å². The summed E-state index contributed by atoms with van der Waals surface area (Å²) in [6.45, 7) is 0. The van der Waals surface area contributed by atoms with Gasteiger partial charge in [-0.1, -0.05) is 29.8 Å². The number of carbonyl (C=O) groups excluding carboxylic acids is 1. The fourth-order valence-electron chi connectivity index (χ4n) is 1.65. The quantitative estimate of drug-likeness (QED) is 0.623. The summed E-state index contributed by atoms with van der Waals surface area (Å²) in [6.07, 6.45) is 3.07. The van der Waals surface area contributed by atoms with Gasteiger partial charge in [-0.3, -0.25) is 0 Å². The SMILES string of the molecule is O=C1OC(c2ccco2)=NC1=Cc1ccccc1Cl. The maximum Gasteiger partial charge on any atom is 0.363 e. The Balaban J connectivity index is 1.98. The number of hydrogen-bond acceptors (Lipinski definition) is 4. The molecule has 0 unspecified atom stereocenters. The zero-order valence-corrected chi connectivity index (χ0v) is 10.4. The summed E-state index contributed by atoms with van der Waals surface area (Å²) in [6, 6.07) is 10.5. The van der Waals surface area contributed by atoms with Crippen LogP contribution in [0, 0.1) is 0 Å². The molecule has 0 N–H and O–H groups in total. The minimum atomic E-state index is -0.522. The van der Waals surface area contributed by atoms with E-state index in [0.717, 1.165) is 0 Å². The molecule has 0 saturated carbocycles. The number of halogens is 1. The summed E-state index contributed by atoms with van der Waals surface area (Å²) in [5, 5.41) is 0.546. The average Bonchev–Trinajstić information content (AvgIpc) is 3.02. The zero-order valence-electron chi connectivity index (χ0n) is 9.67. The van der Waals surface area contributed by atoms with Crippen molar-refractivity contribution in [3.8, 4) is 0 Å². The lowest BCUT2D eigenvalue weighted by molar-refractivity contribution is -0.130. The van der Waals surface area contributed by atoms with Gasteiger partial charge in [0.25, 0.3) is 5.90 Å². The highest BCUT2D eigenvalue weighted by Gasteiger charge is 2.25. The Kier molecular flexibility index (Phi) is 2.93. The van der Waals surface area contributed by atoms with Crippen molar-refractivity contribution in [2.24, 2.45) is 4.99 Å². The second kappa shape index (κ2) is 4.74. The van der Waals surface area contributed by atoms with Crippen molar-refractivity contribution in [1.29, 1.82) is 0 Å². The first kappa shape index (κ1) is 11.7. The largest absolute Gasteiger partial charge is 0.459 e. The van der Waals surface area contributed by atoms with Gasteiger partial charge in [-0.2, -0.15) is 0 Å². The van der Waals surface area contributed by atoms with Crippen LogP contribution in [0.5, 0.6) is 0 Å². The van der Waals surface area contributed by atoms with Crippen molar-refractivity contribution >= 4 is 29.5 Å². The second-order valence-electron chi connectivity index (χ2n) is 3.83. The lowest BCUT2D eigenvalue weighted by Gasteiger charge is -1.96. The highest BCUT2D eigenvalue weighted by atomic mass is 35.5. The van der Waals surface area contributed by atoms with Gasteiger partial charge in [-0.05, 0) is 29.8 Å². The van der Waals surface area contributed by atoms with Gasteiger partial charge in [-0.15, -0.1) is 0 Å². The molecule has 0 saturated heterocycles. The molecule has 1 aromatic carbocycles. The molecule has 0 spiro atoms. The minimum Gasteiger partial charge on any atom is -0.459 e. The highest BCUT2D eigenvalue weighted by Crippen LogP contribution is 2.22. The number of nitrogens with zero attached hydrogens (tertiary/aromatic N) is 1. The number of hydrogen-bond donors (Lipinski definition) is 0. The van der Waals surface area contributed by atoms with Crippen LogP contribution in [0.4, 0.5) is 0 Å². The standard InChI is InChI=1S/C14H8ClNO3/c15-10-5-2-1-4-9(10)8-11-14(17)19-13(16-11)12-6-3-7-18-12/h1-8H. The minimum absolute atomic E-state index is 0.160. The first-order valence-corrected chi connectivity index (χ1v) is 5.93. The van der Waals surface area contributed by atoms with Crippen LogP contribution in [0.25, 0.3) is 6.08 Å². The Bertz CT molecular complexity index is 686. The van der Waals surface area contributed by atoms with Gasteiger partial charge in [0.2, 0.25) is 0 Å². The molecule has 5 heteroatoms. The maximum atomic E-state index is 11.7. The van der Waals surface area contributed by atoms with E-state index in [-0.39, 0.29) is 11.6 Å². The van der Waals surface area contributed by atoms with E-state index in [1.165, 1.54) is 6.26 Å². The molecule has 0 bridgehead atoms. The molecule has 0 fully saturated rings. The molecule has 94 valence electrons. The third-order valence-electron chi connectivity index (χ3n) is 2.55. The normalized spacial score (nSPS) is 16.6. The third kappa shape index (κ3) is 2.30. The molecular formula is C14H8ClNO3. The summed E-state index contributed by atoms with van der Waals surface area (Å²) >= 11 is 6.02. The van der Waals surface area contributed by atoms with Gasteiger partial charge in [0.15, 0.2) is 11.5 Å². The molecule has 4 nitrogen and oxygen atoms in total. The maximum absolute atomic E-state index is 11.7. The molecule has 1 aliphatic rings. The lowest BCUT2D eigenvalue weighted by Crippen LogP contribution is -2.04. The number of carbonyl (C=O) groups is 1. The number of aliphatic imine (C=N–C) groups is 1. The van der Waals surface area contributed by atoms with Crippen LogP contribution in [0.15, 0.2) is 57.8 Å². The van der Waals surface area contributed by atoms with Crippen molar-refractivity contribution in [3.05, 3.63) is 64.7 Å². The van der Waals surface area contributed by atoms with Crippen LogP contribution in [0.2, 0.25) is 5.02 Å². The first-order chi connectivity index (χ1) is 9.24. The first-order valence-electron chi connectivity index (χ1n) is 5.55. The predicted octanol–water partition coefficient (Wildman–Crippen LogP) is 3.28. The Hall–Kier alpha value is -2.33. The van der Waals surface area contributed by atoms with Gasteiger partial charge >= 0.3 is 5.97 Å². The smallest absolute Gasteiger partial charge is 0.363 e. The summed E-state index contributed by atoms with van der Waals surface area (Å²) in [4.78, 5) is 15.8. The van der Waals surface area contributed by atoms with Gasteiger partial charge in [0.1, 0.15) is 0 Å². The van der Waals surface area contributed by atoms with E-state index in [1.54, 1.807) is 30.3 Å². The van der Waals surface area contributed by atoms with E-state index in [1.807, 2.05) is 12.1 Å². The molecule has 2 heterocycles. The molecule has 19 heavy (non-hydrogen) atoms. The number of rotatable bonds is 2. The van der Waals surface area contributed by atoms with E-state index in [0.29, 0.717) is 16.3 Å². The van der Waals surface area contributed by atoms with Crippen molar-refractivity contribution < 1.29 is 13.9 Å². The molecular weight excluding hydrogens is 266 g/mol. The molecule has 0 atom stereocenters. The molecule has 0 amide bonds. The summed E-state index contributed by atoms with van der Waals surface area (Å²) < 4.78 is 10.2. The topological polar surface area (TPSA) is 51.8 Å². The van der Waals surface area contributed by atoms with Crippen LogP contribution < -0.4 is 0 Å². The van der Waals surface area contributed by atoms with Gasteiger partial charge < -0.3 is 9.15 Å². The zero-order chi connectivity index (χ0) is 13.2. The Morgan fingerprint density at radius 3 is 2.74 bits per heavy atom. The number of ether oxygens (including phenoxy) is 1. The van der Waals surface area contributed by atoms with Crippen LogP contribution in [-0.4, -0.2) is 11.9 Å². The predicted molar refractivity (Wildman–Crippen MR) is 70.8 cm³/mol. The van der Waals surface area contributed by atoms with Gasteiger partial charge in [0.05, 0.1) is 6.26 Å². The van der Waals surface area contributed by atoms with Crippen molar-refractivity contribution in [2.45, 2.75) is 0 Å². The van der Waals surface area contributed by atoms with E-state index >= 15 is 0 Å². The van der Waals surface area contributed by atoms with E-state index in [2.05, 4.69) is 4.99 Å². The third-order valence-corrected chi connectivity index (χ3v) is 2.89. The molecule has 0 aliphatic carbocycles. The van der Waals surface area contributed by atoms with Crippen LogP contribution >= 0.6 is 11.6 Å². The molecule has 3 rings (SSSR count). The Morgan fingerprint density at radius 2 is 2.00 bits per heavy atom. The molecule has 1 aliphatic heterocycles. The highest BCUT2D eigenvalue weighted by molar-refractivity contribution is 6.32. The molecule has 2 aromatic rings. The summed E-state index contributed by atoms with van der Waals surface area (Å²) in [5.74, 6) is 0.0514. The second-order valence-corrected chi connectivity index (χ2v) is 4.24. The van der Waals surface area contributed by atoms with Crippen molar-refractivity contribution in [2.75, 3.05) is 0 Å². The monoisotopic (exact) mass is 273 g/mol. The number of cyclic esters (lactones) is 1. The fraction of sp³-hybridized carbons (Fsp3) is 0. The van der Waals surface area contributed by atoms with Gasteiger partial charge in [0, 0.05) is 5.02 Å². The Labute approximate surface area is 114 Å². The van der Waals surface area contributed by atoms with E-state index in [4.69, 9.17) is 20.8 Å². The van der Waals surface area contributed by atoms with Gasteiger partial charge in [-0.25, -0.2) is 9.79 Å². The van der Waals surface area contributed by atoms with Crippen molar-refractivity contribution in [1.82, 2.24) is 0 Å². The van der Waals surface area contributed by atoms with E-state index < -0.39 is 5.97 Å². The summed E-state index contributed by atoms with van der Waals surface area (Å²) in [7, 11) is 0. The van der Waals surface area contributed by atoms with E-state index in [9.17, 15) is 4.79 Å². The number of benzene rings is 1. The lowest BCUT2D eigenvalue weighted by atomic mass is 10.2. The van der Waals surface area contributed by atoms with Crippen molar-refractivity contribution in [3.63, 3.8) is 0 Å². The van der Waals surface area contributed by atoms with Crippen LogP contribution in [-0.2, 0) is 9.53 Å². The summed E-state index contributed by atoms with van der Waals surface area (Å²) in [5.41, 5.74) is 0.903. The number of furan rings is 1.